The Morgan fingerprint density at radius 2 is 1.28 bits per heavy atom. The van der Waals surface area contributed by atoms with E-state index in [2.05, 4.69) is 103 Å². The number of carbonyl (C=O) groups is 2. The minimum atomic E-state index is -1.34. The molecule has 2 amide bonds. The lowest BCUT2D eigenvalue weighted by Crippen LogP contribution is -2.49. The molecule has 1 fully saturated rings. The number of hydrogen-bond donors (Lipinski definition) is 4. The molecule has 0 aliphatic heterocycles. The average Bonchev–Trinajstić information content (AvgIpc) is 3.48. The Hall–Kier alpha value is -6.46. The van der Waals surface area contributed by atoms with E-state index >= 15 is 0 Å². The number of amides is 2. The number of aliphatic hydroxyl groups is 1. The van der Waals surface area contributed by atoms with E-state index in [0.717, 1.165) is 51.8 Å². The lowest BCUT2D eigenvalue weighted by molar-refractivity contribution is -0.130. The molecule has 4 N–H and O–H groups in total. The lowest BCUT2D eigenvalue weighted by atomic mass is 9.89. The first kappa shape index (κ1) is 49.0. The zero-order valence-corrected chi connectivity index (χ0v) is 40.4. The predicted molar refractivity (Wildman–Crippen MR) is 272 cm³/mol. The SMILES string of the molecule is CCCC[C@H](NC(=O)COc1ccc(C(NC(O)OCC2c3ccccc3-c3ccccc32)c2ccc(OC)cc2OC)cc1)C(=O)NC(c1ccc(C)cc1)c1ccc(C2CCCCCC2)cc1. The maximum Gasteiger partial charge on any atom is 0.258 e. The van der Waals surface area contributed by atoms with E-state index in [9.17, 15) is 14.7 Å². The molecule has 10 nitrogen and oxygen atoms in total. The summed E-state index contributed by atoms with van der Waals surface area (Å²) in [6.45, 7) is 4.10. The summed E-state index contributed by atoms with van der Waals surface area (Å²) in [5, 5.41) is 21.0. The van der Waals surface area contributed by atoms with Crippen molar-refractivity contribution < 1.29 is 33.6 Å². The van der Waals surface area contributed by atoms with Gasteiger partial charge in [0.05, 0.1) is 32.9 Å². The highest BCUT2D eigenvalue weighted by Crippen LogP contribution is 2.45. The van der Waals surface area contributed by atoms with Gasteiger partial charge >= 0.3 is 0 Å². The zero-order valence-electron chi connectivity index (χ0n) is 40.4. The van der Waals surface area contributed by atoms with Gasteiger partial charge in [0, 0.05) is 17.5 Å². The summed E-state index contributed by atoms with van der Waals surface area (Å²) in [6.07, 6.45) is 8.38. The minimum absolute atomic E-state index is 0.0401. The standard InChI is InChI=1S/C59H67N3O7/c1-5-6-21-53(58(64)61-56(42-24-22-39(2)23-25-42)43-28-26-41(27-29-43)40-15-9-7-8-10-16-40)60-55(63)38-68-45-32-30-44(31-33-45)57(51-35-34-46(66-3)36-54(51)67-4)62-59(65)69-37-52-49-19-13-11-17-47(49)48-18-12-14-20-50(48)52/h11-14,17-20,22-36,40,52-53,56-57,59,62,65H,5-10,15-16,21,37-38H2,1-4H3,(H,60,63)(H,61,64)/t53-,56?,57?,59?/m0/s1. The Kier molecular flexibility index (Phi) is 16.8. The number of unbranched alkanes of at least 4 members (excludes halogenated alkanes) is 1. The fourth-order valence-electron chi connectivity index (χ4n) is 9.99. The zero-order chi connectivity index (χ0) is 48.1. The van der Waals surface area contributed by atoms with E-state index in [-0.39, 0.29) is 31.1 Å². The molecule has 1 saturated carbocycles. The third kappa shape index (κ3) is 12.2. The summed E-state index contributed by atoms with van der Waals surface area (Å²) in [5.74, 6) is 1.55. The Balaban J connectivity index is 0.931. The summed E-state index contributed by atoms with van der Waals surface area (Å²) in [6, 6.07) is 44.8. The lowest BCUT2D eigenvalue weighted by Gasteiger charge is -2.26. The molecule has 6 aromatic carbocycles. The van der Waals surface area contributed by atoms with Gasteiger partial charge in [-0.2, -0.15) is 0 Å². The first-order valence-corrected chi connectivity index (χ1v) is 24.7. The summed E-state index contributed by atoms with van der Waals surface area (Å²) < 4.78 is 23.5. The van der Waals surface area contributed by atoms with Crippen molar-refractivity contribution in [1.29, 1.82) is 0 Å². The fourth-order valence-corrected chi connectivity index (χ4v) is 9.99. The van der Waals surface area contributed by atoms with Gasteiger partial charge in [-0.3, -0.25) is 14.9 Å². The van der Waals surface area contributed by atoms with Crippen LogP contribution in [0.3, 0.4) is 0 Å². The van der Waals surface area contributed by atoms with Gasteiger partial charge in [-0.05, 0) is 101 Å². The van der Waals surface area contributed by atoms with Crippen molar-refractivity contribution in [1.82, 2.24) is 16.0 Å². The van der Waals surface area contributed by atoms with Gasteiger partial charge in [0.1, 0.15) is 23.3 Å². The van der Waals surface area contributed by atoms with Crippen molar-refractivity contribution in [3.05, 3.63) is 184 Å². The van der Waals surface area contributed by atoms with Crippen LogP contribution in [0.25, 0.3) is 11.1 Å². The van der Waals surface area contributed by atoms with Crippen LogP contribution < -0.4 is 30.2 Å². The van der Waals surface area contributed by atoms with Crippen LogP contribution in [-0.4, -0.2) is 56.8 Å². The van der Waals surface area contributed by atoms with Gasteiger partial charge < -0.3 is 34.7 Å². The Labute approximate surface area is 407 Å². The maximum atomic E-state index is 14.2. The topological polar surface area (TPSA) is 127 Å². The summed E-state index contributed by atoms with van der Waals surface area (Å²) in [5.41, 5.74) is 10.7. The number of hydrogen-bond acceptors (Lipinski definition) is 8. The molecular weight excluding hydrogens is 863 g/mol. The average molecular weight is 930 g/mol. The minimum Gasteiger partial charge on any atom is -0.497 e. The Morgan fingerprint density at radius 3 is 1.90 bits per heavy atom. The second-order valence-electron chi connectivity index (χ2n) is 18.4. The van der Waals surface area contributed by atoms with Gasteiger partial charge in [-0.15, -0.1) is 0 Å². The summed E-state index contributed by atoms with van der Waals surface area (Å²) >= 11 is 0. The highest BCUT2D eigenvalue weighted by molar-refractivity contribution is 5.88. The molecule has 8 rings (SSSR count). The molecule has 4 atom stereocenters. The molecule has 0 heterocycles. The Morgan fingerprint density at radius 1 is 0.681 bits per heavy atom. The molecule has 10 heteroatoms. The maximum absolute atomic E-state index is 14.2. The monoisotopic (exact) mass is 929 g/mol. The number of methoxy groups -OCH3 is 2. The second-order valence-corrected chi connectivity index (χ2v) is 18.4. The van der Waals surface area contributed by atoms with E-state index in [4.69, 9.17) is 18.9 Å². The number of nitrogens with one attached hydrogen (secondary N) is 3. The van der Waals surface area contributed by atoms with Gasteiger partial charge in [0.15, 0.2) is 6.61 Å². The number of ether oxygens (including phenoxy) is 4. The summed E-state index contributed by atoms with van der Waals surface area (Å²) in [7, 11) is 3.19. The molecule has 0 saturated heterocycles. The van der Waals surface area contributed by atoms with Crippen LogP contribution in [0, 0.1) is 6.92 Å². The number of carbonyl (C=O) groups excluding carboxylic acids is 2. The molecule has 3 unspecified atom stereocenters. The van der Waals surface area contributed by atoms with Crippen LogP contribution in [0.4, 0.5) is 0 Å². The molecule has 0 radical (unpaired) electrons. The summed E-state index contributed by atoms with van der Waals surface area (Å²) in [4.78, 5) is 27.8. The largest absolute Gasteiger partial charge is 0.497 e. The van der Waals surface area contributed by atoms with E-state index in [1.54, 1.807) is 32.4 Å². The van der Waals surface area contributed by atoms with Crippen molar-refractivity contribution in [2.24, 2.45) is 0 Å². The first-order valence-electron chi connectivity index (χ1n) is 24.7. The van der Waals surface area contributed by atoms with Crippen LogP contribution in [0.5, 0.6) is 17.2 Å². The van der Waals surface area contributed by atoms with Crippen LogP contribution in [0.1, 0.15) is 133 Å². The molecular formula is C59H67N3O7. The Bertz CT molecular complexity index is 2560. The molecule has 2 aliphatic rings. The fraction of sp³-hybridized carbons (Fsp3) is 0.356. The van der Waals surface area contributed by atoms with Gasteiger partial charge in [0.2, 0.25) is 12.3 Å². The van der Waals surface area contributed by atoms with E-state index in [1.807, 2.05) is 48.5 Å². The van der Waals surface area contributed by atoms with Crippen molar-refractivity contribution in [2.45, 2.75) is 108 Å². The smallest absolute Gasteiger partial charge is 0.258 e. The van der Waals surface area contributed by atoms with Crippen LogP contribution in [-0.2, 0) is 14.3 Å². The number of fused-ring (bicyclic) bond motifs is 3. The third-order valence-corrected chi connectivity index (χ3v) is 13.8. The molecule has 360 valence electrons. The van der Waals surface area contributed by atoms with Crippen LogP contribution in [0.15, 0.2) is 140 Å². The first-order chi connectivity index (χ1) is 33.7. The number of rotatable bonds is 21. The normalized spacial score (nSPS) is 15.4. The molecule has 2 aliphatic carbocycles. The quantitative estimate of drug-likeness (QED) is 0.0415. The van der Waals surface area contributed by atoms with E-state index < -0.39 is 24.4 Å². The second kappa shape index (κ2) is 23.7. The van der Waals surface area contributed by atoms with E-state index in [1.165, 1.54) is 55.2 Å². The van der Waals surface area contributed by atoms with Crippen molar-refractivity contribution in [3.63, 3.8) is 0 Å². The highest BCUT2D eigenvalue weighted by Gasteiger charge is 2.30. The highest BCUT2D eigenvalue weighted by atomic mass is 16.6. The predicted octanol–water partition coefficient (Wildman–Crippen LogP) is 11.2. The number of aliphatic hydroxyl groups excluding tert-OH is 1. The third-order valence-electron chi connectivity index (χ3n) is 13.8. The molecule has 0 aromatic heterocycles. The molecule has 69 heavy (non-hydrogen) atoms. The van der Waals surface area contributed by atoms with Crippen LogP contribution >= 0.6 is 0 Å². The van der Waals surface area contributed by atoms with Crippen molar-refractivity contribution in [2.75, 3.05) is 27.4 Å². The van der Waals surface area contributed by atoms with E-state index in [0.29, 0.717) is 29.6 Å². The number of benzene rings is 6. The van der Waals surface area contributed by atoms with Gasteiger partial charge in [0.25, 0.3) is 5.91 Å². The van der Waals surface area contributed by atoms with Crippen molar-refractivity contribution in [3.8, 4) is 28.4 Å². The van der Waals surface area contributed by atoms with Gasteiger partial charge in [-0.25, -0.2) is 0 Å². The molecule has 6 aromatic rings. The molecule has 0 bridgehead atoms. The van der Waals surface area contributed by atoms with Crippen LogP contribution in [0.2, 0.25) is 0 Å². The van der Waals surface area contributed by atoms with Gasteiger partial charge in [-0.1, -0.05) is 160 Å². The molecule has 0 spiro atoms. The van der Waals surface area contributed by atoms with Crippen molar-refractivity contribution >= 4 is 11.8 Å². The number of aryl methyl sites for hydroxylation is 1.